The Balaban J connectivity index is 2.23. The number of benzene rings is 1. The molecule has 1 heterocycles. The van der Waals surface area contributed by atoms with Crippen molar-refractivity contribution in [1.29, 1.82) is 0 Å². The number of thiazole rings is 1. The van der Waals surface area contributed by atoms with Crippen LogP contribution in [-0.4, -0.2) is 40.8 Å². The summed E-state index contributed by atoms with van der Waals surface area (Å²) in [4.78, 5) is 4.21. The Labute approximate surface area is 126 Å². The van der Waals surface area contributed by atoms with Crippen LogP contribution in [0.1, 0.15) is 0 Å². The van der Waals surface area contributed by atoms with Crippen molar-refractivity contribution < 1.29 is 17.9 Å². The Bertz CT molecular complexity index is 729. The summed E-state index contributed by atoms with van der Waals surface area (Å²) in [6, 6.07) is 3.35. The molecule has 0 radical (unpaired) electrons. The largest absolute Gasteiger partial charge is 0.494 e. The van der Waals surface area contributed by atoms with Crippen LogP contribution in [0.3, 0.4) is 0 Å². The topological polar surface area (TPSA) is 116 Å². The second-order valence-corrected chi connectivity index (χ2v) is 6.61. The van der Waals surface area contributed by atoms with Crippen LogP contribution in [0.2, 0.25) is 0 Å². The maximum Gasteiger partial charge on any atom is 0.300 e. The monoisotopic (exact) mass is 332 g/mol. The number of hydrogen-bond donors (Lipinski definition) is 3. The van der Waals surface area contributed by atoms with E-state index in [1.54, 1.807) is 12.1 Å². The van der Waals surface area contributed by atoms with E-state index in [4.69, 9.17) is 15.2 Å². The quantitative estimate of drug-likeness (QED) is 0.510. The van der Waals surface area contributed by atoms with Crippen molar-refractivity contribution in [3.8, 4) is 5.75 Å². The Hall–Kier alpha value is -1.62. The molecule has 0 saturated carbocycles. The summed E-state index contributed by atoms with van der Waals surface area (Å²) < 4.78 is 39.0. The van der Waals surface area contributed by atoms with E-state index in [-0.39, 0.29) is 18.3 Å². The van der Waals surface area contributed by atoms with Gasteiger partial charge in [0, 0.05) is 25.4 Å². The van der Waals surface area contributed by atoms with Gasteiger partial charge in [-0.1, -0.05) is 11.3 Å². The molecular formula is C11H16N4O4S2. The molecule has 0 unspecified atom stereocenters. The minimum atomic E-state index is -3.69. The minimum absolute atomic E-state index is 0.174. The number of nitrogens with two attached hydrogens (primary N) is 1. The third-order valence-corrected chi connectivity index (χ3v) is 4.62. The summed E-state index contributed by atoms with van der Waals surface area (Å²) in [5, 5.41) is 0.235. The molecule has 1 aromatic carbocycles. The van der Waals surface area contributed by atoms with Gasteiger partial charge in [0.2, 0.25) is 0 Å². The summed E-state index contributed by atoms with van der Waals surface area (Å²) in [7, 11) is -0.693. The number of anilines is 2. The number of nitrogen functional groups attached to an aromatic ring is 1. The fourth-order valence-corrected chi connectivity index (χ4v) is 3.63. The highest BCUT2D eigenvalue weighted by atomic mass is 32.2. The van der Waals surface area contributed by atoms with Gasteiger partial charge in [-0.15, -0.1) is 0 Å². The normalized spacial score (nSPS) is 11.7. The molecule has 0 spiro atoms. The number of nitrogens with one attached hydrogen (secondary N) is 2. The summed E-state index contributed by atoms with van der Waals surface area (Å²) in [6.45, 7) is 0.456. The van der Waals surface area contributed by atoms with Crippen molar-refractivity contribution in [2.45, 2.75) is 0 Å². The van der Waals surface area contributed by atoms with Crippen molar-refractivity contribution in [3.05, 3.63) is 12.1 Å². The molecule has 0 aliphatic carbocycles. The molecule has 1 aromatic heterocycles. The van der Waals surface area contributed by atoms with E-state index in [0.29, 0.717) is 17.0 Å². The van der Waals surface area contributed by atoms with Crippen molar-refractivity contribution in [2.24, 2.45) is 0 Å². The first-order chi connectivity index (χ1) is 9.95. The van der Waals surface area contributed by atoms with E-state index in [9.17, 15) is 8.42 Å². The lowest BCUT2D eigenvalue weighted by Gasteiger charge is -2.05. The lowest BCUT2D eigenvalue weighted by atomic mass is 10.3. The van der Waals surface area contributed by atoms with Gasteiger partial charge in [0.25, 0.3) is 0 Å². The van der Waals surface area contributed by atoms with E-state index in [1.807, 2.05) is 0 Å². The highest BCUT2D eigenvalue weighted by Gasteiger charge is 2.15. The first-order valence-electron chi connectivity index (χ1n) is 5.95. The number of ether oxygens (including phenoxy) is 2. The van der Waals surface area contributed by atoms with Gasteiger partial charge in [-0.05, 0) is 6.07 Å². The van der Waals surface area contributed by atoms with Gasteiger partial charge in [0.15, 0.2) is 5.13 Å². The molecule has 0 bridgehead atoms. The second-order valence-electron chi connectivity index (χ2n) is 4.08. The fraction of sp³-hybridized carbons (Fsp3) is 0.364. The number of aromatic nitrogens is 1. The zero-order valence-corrected chi connectivity index (χ0v) is 13.2. The summed E-state index contributed by atoms with van der Waals surface area (Å²) >= 11 is 1.17. The van der Waals surface area contributed by atoms with Gasteiger partial charge in [0.1, 0.15) is 11.3 Å². The van der Waals surface area contributed by atoms with Gasteiger partial charge >= 0.3 is 10.2 Å². The molecule has 0 atom stereocenters. The minimum Gasteiger partial charge on any atom is -0.494 e. The molecular weight excluding hydrogens is 316 g/mol. The van der Waals surface area contributed by atoms with Gasteiger partial charge < -0.3 is 15.2 Å². The molecule has 116 valence electrons. The van der Waals surface area contributed by atoms with Crippen molar-refractivity contribution in [2.75, 3.05) is 37.8 Å². The number of fused-ring (bicyclic) bond motifs is 1. The third kappa shape index (κ3) is 3.94. The first kappa shape index (κ1) is 15.8. The van der Waals surface area contributed by atoms with E-state index in [1.165, 1.54) is 25.6 Å². The standard InChI is InChI=1S/C11H16N4O4S2/c1-18-4-3-13-21(16,17)15-11-14-10-8(19-2)5-7(12)6-9(10)20-11/h5-6,13H,3-4,12H2,1-2H3,(H,14,15). The molecule has 0 fully saturated rings. The van der Waals surface area contributed by atoms with Crippen LogP contribution < -0.4 is 19.9 Å². The van der Waals surface area contributed by atoms with Gasteiger partial charge in [0.05, 0.1) is 18.4 Å². The van der Waals surface area contributed by atoms with E-state index in [2.05, 4.69) is 14.4 Å². The maximum absolute atomic E-state index is 11.8. The molecule has 0 aliphatic rings. The van der Waals surface area contributed by atoms with Crippen LogP contribution >= 0.6 is 11.3 Å². The Morgan fingerprint density at radius 1 is 1.38 bits per heavy atom. The molecule has 21 heavy (non-hydrogen) atoms. The molecule has 8 nitrogen and oxygen atoms in total. The van der Waals surface area contributed by atoms with Crippen LogP contribution in [0.25, 0.3) is 10.2 Å². The van der Waals surface area contributed by atoms with Gasteiger partial charge in [-0.2, -0.15) is 13.1 Å². The SMILES string of the molecule is COCCNS(=O)(=O)Nc1nc2c(OC)cc(N)cc2s1. The van der Waals surface area contributed by atoms with E-state index >= 15 is 0 Å². The van der Waals surface area contributed by atoms with Crippen LogP contribution in [0.15, 0.2) is 12.1 Å². The number of methoxy groups -OCH3 is 2. The average Bonchev–Trinajstić information content (AvgIpc) is 2.78. The zero-order valence-electron chi connectivity index (χ0n) is 11.5. The van der Waals surface area contributed by atoms with E-state index in [0.717, 1.165) is 4.70 Å². The predicted octanol–water partition coefficient (Wildman–Crippen LogP) is 0.780. The van der Waals surface area contributed by atoms with Crippen LogP contribution in [0, 0.1) is 0 Å². The average molecular weight is 332 g/mol. The van der Waals surface area contributed by atoms with Crippen molar-refractivity contribution in [1.82, 2.24) is 9.71 Å². The maximum atomic E-state index is 11.8. The van der Waals surface area contributed by atoms with Crippen LogP contribution in [-0.2, 0) is 14.9 Å². The van der Waals surface area contributed by atoms with Gasteiger partial charge in [-0.25, -0.2) is 9.71 Å². The number of nitrogens with zero attached hydrogens (tertiary/aromatic N) is 1. The van der Waals surface area contributed by atoms with E-state index < -0.39 is 10.2 Å². The molecule has 0 saturated heterocycles. The Kier molecular flexibility index (Phi) is 4.83. The Morgan fingerprint density at radius 3 is 2.81 bits per heavy atom. The Morgan fingerprint density at radius 2 is 2.14 bits per heavy atom. The predicted molar refractivity (Wildman–Crippen MR) is 83.0 cm³/mol. The summed E-state index contributed by atoms with van der Waals surface area (Å²) in [5.74, 6) is 0.499. The highest BCUT2D eigenvalue weighted by Crippen LogP contribution is 2.34. The summed E-state index contributed by atoms with van der Waals surface area (Å²) in [6.07, 6.45) is 0. The van der Waals surface area contributed by atoms with Crippen molar-refractivity contribution in [3.63, 3.8) is 0 Å². The molecule has 4 N–H and O–H groups in total. The molecule has 0 aliphatic heterocycles. The van der Waals surface area contributed by atoms with Gasteiger partial charge in [-0.3, -0.25) is 0 Å². The zero-order chi connectivity index (χ0) is 15.5. The third-order valence-electron chi connectivity index (χ3n) is 2.52. The number of hydrogen-bond acceptors (Lipinski definition) is 7. The molecule has 2 rings (SSSR count). The first-order valence-corrected chi connectivity index (χ1v) is 8.25. The highest BCUT2D eigenvalue weighted by molar-refractivity contribution is 7.91. The van der Waals surface area contributed by atoms with Crippen molar-refractivity contribution >= 4 is 42.6 Å². The molecule has 2 aromatic rings. The smallest absolute Gasteiger partial charge is 0.300 e. The lowest BCUT2D eigenvalue weighted by Crippen LogP contribution is -2.32. The molecule has 10 heteroatoms. The van der Waals surface area contributed by atoms with Crippen LogP contribution in [0.4, 0.5) is 10.8 Å². The lowest BCUT2D eigenvalue weighted by molar-refractivity contribution is 0.204. The number of rotatable bonds is 7. The molecule has 0 amide bonds. The second kappa shape index (κ2) is 6.43. The fourth-order valence-electron chi connectivity index (χ4n) is 1.65. The summed E-state index contributed by atoms with van der Waals surface area (Å²) in [5.41, 5.74) is 6.84. The van der Waals surface area contributed by atoms with Crippen LogP contribution in [0.5, 0.6) is 5.75 Å².